The van der Waals surface area contributed by atoms with E-state index in [1.54, 1.807) is 0 Å². The molecule has 2 atom stereocenters. The van der Waals surface area contributed by atoms with Crippen molar-refractivity contribution in [2.24, 2.45) is 0 Å². The molecule has 2 unspecified atom stereocenters. The van der Waals surface area contributed by atoms with E-state index in [0.29, 0.717) is 25.9 Å². The Bertz CT molecular complexity index is 1180. The van der Waals surface area contributed by atoms with Gasteiger partial charge < -0.3 is 20.3 Å². The second-order valence-electron chi connectivity index (χ2n) is 26.4. The number of rotatable bonds is 72. The zero-order valence-corrected chi connectivity index (χ0v) is 55.6. The number of esters is 1. The molecule has 0 radical (unpaired) electrons. The number of ether oxygens (including phenoxy) is 1. The third-order valence-corrected chi connectivity index (χ3v) is 18.2. The van der Waals surface area contributed by atoms with Crippen molar-refractivity contribution in [3.63, 3.8) is 0 Å². The molecule has 0 aliphatic rings. The van der Waals surface area contributed by atoms with E-state index in [9.17, 15) is 19.8 Å². The van der Waals surface area contributed by atoms with Crippen LogP contribution in [-0.2, 0) is 14.3 Å². The molecule has 0 saturated heterocycles. The van der Waals surface area contributed by atoms with Crippen LogP contribution in [0.2, 0.25) is 0 Å². The Kier molecular flexibility index (Phi) is 70.3. The van der Waals surface area contributed by atoms with Crippen molar-refractivity contribution in [3.05, 3.63) is 0 Å². The fraction of sp³-hybridized carbons (Fsp3) is 0.973. The number of nitrogens with one attached hydrogen (secondary N) is 1. The highest BCUT2D eigenvalue weighted by Crippen LogP contribution is 2.20. The zero-order chi connectivity index (χ0) is 58.5. The standard InChI is InChI=1S/C75H149NO5/c1-3-5-7-9-11-13-15-17-19-20-37-41-45-49-53-57-61-65-69-75(80)81-70-66-62-58-54-50-46-42-38-35-33-31-29-27-25-23-21-22-24-26-28-30-32-34-36-40-44-48-52-56-60-64-68-74(79)76-72(71-77)73(78)67-63-59-55-51-47-43-39-18-16-14-12-10-8-6-4-2/h72-73,77-78H,3-71H2,1-2H3,(H,76,79). The van der Waals surface area contributed by atoms with Crippen LogP contribution in [0.25, 0.3) is 0 Å². The Morgan fingerprint density at radius 1 is 0.296 bits per heavy atom. The molecular weight excluding hydrogens is 995 g/mol. The van der Waals surface area contributed by atoms with Crippen LogP contribution in [0.4, 0.5) is 0 Å². The van der Waals surface area contributed by atoms with Gasteiger partial charge in [0, 0.05) is 12.8 Å². The molecule has 0 aliphatic carbocycles. The summed E-state index contributed by atoms with van der Waals surface area (Å²) >= 11 is 0. The van der Waals surface area contributed by atoms with E-state index in [-0.39, 0.29) is 18.5 Å². The monoisotopic (exact) mass is 1140 g/mol. The van der Waals surface area contributed by atoms with Gasteiger partial charge in [0.15, 0.2) is 0 Å². The highest BCUT2D eigenvalue weighted by Gasteiger charge is 2.20. The molecule has 0 fully saturated rings. The maximum Gasteiger partial charge on any atom is 0.305 e. The molecule has 6 nitrogen and oxygen atoms in total. The first-order valence-electron chi connectivity index (χ1n) is 37.8. The van der Waals surface area contributed by atoms with Crippen LogP contribution >= 0.6 is 0 Å². The van der Waals surface area contributed by atoms with Crippen molar-refractivity contribution < 1.29 is 24.5 Å². The average Bonchev–Trinajstić information content (AvgIpc) is 3.47. The molecule has 0 saturated carbocycles. The topological polar surface area (TPSA) is 95.9 Å². The van der Waals surface area contributed by atoms with Crippen LogP contribution in [0.3, 0.4) is 0 Å². The van der Waals surface area contributed by atoms with E-state index >= 15 is 0 Å². The molecule has 0 heterocycles. The summed E-state index contributed by atoms with van der Waals surface area (Å²) in [7, 11) is 0. The van der Waals surface area contributed by atoms with Gasteiger partial charge in [-0.1, -0.05) is 406 Å². The van der Waals surface area contributed by atoms with Crippen LogP contribution in [0.5, 0.6) is 0 Å². The van der Waals surface area contributed by atoms with Crippen molar-refractivity contribution in [3.8, 4) is 0 Å². The second kappa shape index (κ2) is 71.3. The molecule has 0 spiro atoms. The number of hydrogen-bond donors (Lipinski definition) is 3. The lowest BCUT2D eigenvalue weighted by atomic mass is 10.0. The lowest BCUT2D eigenvalue weighted by molar-refractivity contribution is -0.143. The van der Waals surface area contributed by atoms with Gasteiger partial charge in [0.05, 0.1) is 25.4 Å². The SMILES string of the molecule is CCCCCCCCCCCCCCCCCCCCC(=O)OCCCCCCCCCCCCCCCCCCCCCCCCCCCCCCCCCC(=O)NC(CO)C(O)CCCCCCCCCCCCCCCCC. The summed E-state index contributed by atoms with van der Waals surface area (Å²) in [6, 6.07) is -0.537. The van der Waals surface area contributed by atoms with E-state index in [0.717, 1.165) is 38.5 Å². The Hall–Kier alpha value is -1.14. The summed E-state index contributed by atoms with van der Waals surface area (Å²) < 4.78 is 5.52. The first-order valence-corrected chi connectivity index (χ1v) is 37.8. The number of aliphatic hydroxyl groups excluding tert-OH is 2. The van der Waals surface area contributed by atoms with Gasteiger partial charge >= 0.3 is 5.97 Å². The van der Waals surface area contributed by atoms with E-state index in [2.05, 4.69) is 19.2 Å². The van der Waals surface area contributed by atoms with Crippen LogP contribution < -0.4 is 5.32 Å². The molecule has 0 aromatic rings. The summed E-state index contributed by atoms with van der Waals surface area (Å²) in [4.78, 5) is 24.6. The maximum absolute atomic E-state index is 12.5. The molecule has 3 N–H and O–H groups in total. The van der Waals surface area contributed by atoms with Crippen LogP contribution in [-0.4, -0.2) is 47.4 Å². The van der Waals surface area contributed by atoms with Gasteiger partial charge in [0.2, 0.25) is 5.91 Å². The number of carbonyl (C=O) groups excluding carboxylic acids is 2. The highest BCUT2D eigenvalue weighted by atomic mass is 16.5. The molecule has 0 bridgehead atoms. The summed E-state index contributed by atoms with van der Waals surface area (Å²) in [5, 5.41) is 23.3. The molecule has 0 aromatic carbocycles. The van der Waals surface area contributed by atoms with Gasteiger partial charge in [0.25, 0.3) is 0 Å². The highest BCUT2D eigenvalue weighted by molar-refractivity contribution is 5.76. The fourth-order valence-electron chi connectivity index (χ4n) is 12.4. The van der Waals surface area contributed by atoms with Crippen molar-refractivity contribution in [2.75, 3.05) is 13.2 Å². The van der Waals surface area contributed by atoms with Crippen molar-refractivity contribution in [2.45, 2.75) is 456 Å². The molecule has 0 aromatic heterocycles. The second-order valence-corrected chi connectivity index (χ2v) is 26.4. The molecule has 81 heavy (non-hydrogen) atoms. The van der Waals surface area contributed by atoms with Crippen molar-refractivity contribution in [1.29, 1.82) is 0 Å². The predicted octanol–water partition coefficient (Wildman–Crippen LogP) is 24.5. The van der Waals surface area contributed by atoms with Crippen LogP contribution in [0.1, 0.15) is 444 Å². The maximum atomic E-state index is 12.5. The zero-order valence-electron chi connectivity index (χ0n) is 55.6. The minimum atomic E-state index is -0.660. The largest absolute Gasteiger partial charge is 0.466 e. The summed E-state index contributed by atoms with van der Waals surface area (Å²) in [6.45, 7) is 5.01. The van der Waals surface area contributed by atoms with Gasteiger partial charge in [0.1, 0.15) is 0 Å². The molecule has 484 valence electrons. The summed E-state index contributed by atoms with van der Waals surface area (Å²) in [6.07, 6.45) is 87.5. The van der Waals surface area contributed by atoms with Crippen LogP contribution in [0, 0.1) is 0 Å². The van der Waals surface area contributed by atoms with Gasteiger partial charge in [-0.25, -0.2) is 0 Å². The van der Waals surface area contributed by atoms with Crippen molar-refractivity contribution >= 4 is 11.9 Å². The van der Waals surface area contributed by atoms with Crippen molar-refractivity contribution in [1.82, 2.24) is 5.32 Å². The quantitative estimate of drug-likeness (QED) is 0.0417. The van der Waals surface area contributed by atoms with Gasteiger partial charge in [-0.15, -0.1) is 0 Å². The number of aliphatic hydroxyl groups is 2. The van der Waals surface area contributed by atoms with E-state index in [1.807, 2.05) is 0 Å². The van der Waals surface area contributed by atoms with Crippen LogP contribution in [0.15, 0.2) is 0 Å². The molecule has 1 amide bonds. The third-order valence-electron chi connectivity index (χ3n) is 18.2. The van der Waals surface area contributed by atoms with E-state index in [1.165, 1.54) is 372 Å². The normalized spacial score (nSPS) is 12.4. The Balaban J connectivity index is 3.29. The number of carbonyl (C=O) groups is 2. The average molecular weight is 1150 g/mol. The number of amides is 1. The Morgan fingerprint density at radius 2 is 0.506 bits per heavy atom. The molecule has 0 rings (SSSR count). The number of hydrogen-bond acceptors (Lipinski definition) is 5. The van der Waals surface area contributed by atoms with Gasteiger partial charge in [-0.2, -0.15) is 0 Å². The summed E-state index contributed by atoms with van der Waals surface area (Å²) in [5.41, 5.74) is 0. The first-order chi connectivity index (χ1) is 40.0. The third kappa shape index (κ3) is 67.9. The molecule has 6 heteroatoms. The Morgan fingerprint density at radius 3 is 0.753 bits per heavy atom. The van der Waals surface area contributed by atoms with E-state index in [4.69, 9.17) is 4.74 Å². The Labute approximate surface area is 508 Å². The minimum absolute atomic E-state index is 0.0265. The lowest BCUT2D eigenvalue weighted by Crippen LogP contribution is -2.45. The predicted molar refractivity (Wildman–Crippen MR) is 357 cm³/mol. The lowest BCUT2D eigenvalue weighted by Gasteiger charge is -2.22. The first kappa shape index (κ1) is 79.9. The summed E-state index contributed by atoms with van der Waals surface area (Å²) in [5.74, 6) is -0.000173. The van der Waals surface area contributed by atoms with E-state index < -0.39 is 12.1 Å². The molecular formula is C75H149NO5. The smallest absolute Gasteiger partial charge is 0.305 e. The number of unbranched alkanes of at least 4 members (excludes halogenated alkanes) is 61. The molecule has 0 aliphatic heterocycles. The van der Waals surface area contributed by atoms with Gasteiger partial charge in [-0.3, -0.25) is 9.59 Å². The minimum Gasteiger partial charge on any atom is -0.466 e. The fourth-order valence-corrected chi connectivity index (χ4v) is 12.4. The van der Waals surface area contributed by atoms with Gasteiger partial charge in [-0.05, 0) is 25.7 Å².